The van der Waals surface area contributed by atoms with Crippen LogP contribution in [0.5, 0.6) is 11.5 Å². The number of nitro benzene ring substituents is 1. The molecule has 1 saturated carbocycles. The van der Waals surface area contributed by atoms with Crippen LogP contribution in [0, 0.1) is 15.9 Å². The summed E-state index contributed by atoms with van der Waals surface area (Å²) in [5, 5.41) is 14.4. The number of nitrogens with zero attached hydrogens (tertiary/aromatic N) is 2. The Labute approximate surface area is 238 Å². The smallest absolute Gasteiger partial charge is 0.311 e. The van der Waals surface area contributed by atoms with Gasteiger partial charge in [0.2, 0.25) is 11.7 Å². The van der Waals surface area contributed by atoms with Crippen molar-refractivity contribution < 1.29 is 28.4 Å². The number of rotatable bonds is 12. The van der Waals surface area contributed by atoms with Gasteiger partial charge in [-0.15, -0.1) is 0 Å². The monoisotopic (exact) mass is 563 g/mol. The number of carbonyl (C=O) groups is 2. The van der Waals surface area contributed by atoms with E-state index in [1.807, 2.05) is 30.3 Å². The van der Waals surface area contributed by atoms with Gasteiger partial charge in [-0.25, -0.2) is 4.39 Å². The number of methoxy groups -OCH3 is 1. The molecule has 0 aliphatic heterocycles. The Bertz CT molecular complexity index is 1350. The number of ether oxygens (including phenoxy) is 2. The van der Waals surface area contributed by atoms with Crippen LogP contribution in [-0.2, 0) is 22.6 Å². The van der Waals surface area contributed by atoms with Crippen LogP contribution >= 0.6 is 0 Å². The largest absolute Gasteiger partial charge is 0.490 e. The van der Waals surface area contributed by atoms with E-state index in [0.29, 0.717) is 0 Å². The van der Waals surface area contributed by atoms with E-state index < -0.39 is 29.3 Å². The molecule has 0 aromatic heterocycles. The highest BCUT2D eigenvalue weighted by atomic mass is 19.1. The predicted molar refractivity (Wildman–Crippen MR) is 151 cm³/mol. The van der Waals surface area contributed by atoms with E-state index in [9.17, 15) is 24.1 Å². The molecule has 1 N–H and O–H groups in total. The second kappa shape index (κ2) is 14.2. The van der Waals surface area contributed by atoms with Crippen LogP contribution in [-0.4, -0.2) is 47.4 Å². The van der Waals surface area contributed by atoms with Gasteiger partial charge in [-0.05, 0) is 30.5 Å². The highest BCUT2D eigenvalue weighted by Crippen LogP contribution is 2.31. The first-order chi connectivity index (χ1) is 19.9. The van der Waals surface area contributed by atoms with Crippen molar-refractivity contribution in [3.05, 3.63) is 99.9 Å². The van der Waals surface area contributed by atoms with Gasteiger partial charge >= 0.3 is 5.69 Å². The number of nitro groups is 1. The zero-order valence-corrected chi connectivity index (χ0v) is 23.0. The number of hydrogen-bond donors (Lipinski definition) is 1. The van der Waals surface area contributed by atoms with Crippen molar-refractivity contribution in [3.8, 4) is 11.5 Å². The van der Waals surface area contributed by atoms with Crippen LogP contribution in [0.15, 0.2) is 72.8 Å². The normalized spacial score (nSPS) is 14.1. The van der Waals surface area contributed by atoms with E-state index in [1.165, 1.54) is 36.3 Å². The van der Waals surface area contributed by atoms with Gasteiger partial charge in [0.05, 0.1) is 12.0 Å². The van der Waals surface area contributed by atoms with E-state index in [-0.39, 0.29) is 47.7 Å². The average Bonchev–Trinajstić information content (AvgIpc) is 2.99. The van der Waals surface area contributed by atoms with Crippen LogP contribution in [0.2, 0.25) is 0 Å². The third kappa shape index (κ3) is 8.03. The topological polar surface area (TPSA) is 111 Å². The van der Waals surface area contributed by atoms with Crippen LogP contribution in [0.1, 0.15) is 43.2 Å². The van der Waals surface area contributed by atoms with Gasteiger partial charge < -0.3 is 19.7 Å². The molecule has 3 aromatic rings. The molecule has 0 unspecified atom stereocenters. The predicted octanol–water partition coefficient (Wildman–Crippen LogP) is 5.21. The lowest BCUT2D eigenvalue weighted by Gasteiger charge is -2.33. The first-order valence-corrected chi connectivity index (χ1v) is 13.7. The lowest BCUT2D eigenvalue weighted by atomic mass is 9.94. The van der Waals surface area contributed by atoms with Crippen molar-refractivity contribution in [2.24, 2.45) is 0 Å². The molecule has 1 aliphatic carbocycles. The van der Waals surface area contributed by atoms with Crippen molar-refractivity contribution in [2.75, 3.05) is 13.7 Å². The third-order valence-electron chi connectivity index (χ3n) is 7.23. The Hall–Kier alpha value is -4.47. The molecule has 0 spiro atoms. The number of halogens is 1. The van der Waals surface area contributed by atoms with E-state index >= 15 is 0 Å². The quantitative estimate of drug-likeness (QED) is 0.239. The van der Waals surface area contributed by atoms with E-state index in [0.717, 1.165) is 37.7 Å². The molecular weight excluding hydrogens is 529 g/mol. The summed E-state index contributed by atoms with van der Waals surface area (Å²) in [5.41, 5.74) is 0.875. The second-order valence-corrected chi connectivity index (χ2v) is 10.0. The van der Waals surface area contributed by atoms with Crippen molar-refractivity contribution in [2.45, 2.75) is 57.2 Å². The third-order valence-corrected chi connectivity index (χ3v) is 7.23. The zero-order valence-electron chi connectivity index (χ0n) is 23.0. The van der Waals surface area contributed by atoms with E-state index in [4.69, 9.17) is 9.47 Å². The summed E-state index contributed by atoms with van der Waals surface area (Å²) in [4.78, 5) is 39.5. The number of carbonyl (C=O) groups excluding carboxylic acids is 2. The maximum atomic E-state index is 14.8. The van der Waals surface area contributed by atoms with E-state index in [1.54, 1.807) is 18.2 Å². The van der Waals surface area contributed by atoms with Crippen molar-refractivity contribution in [1.29, 1.82) is 0 Å². The summed E-state index contributed by atoms with van der Waals surface area (Å²) in [6, 6.07) is 18.5. The molecule has 10 heteroatoms. The highest BCUT2D eigenvalue weighted by Gasteiger charge is 2.32. The fourth-order valence-electron chi connectivity index (χ4n) is 5.03. The fourth-order valence-corrected chi connectivity index (χ4v) is 5.03. The minimum atomic E-state index is -0.929. The fraction of sp³-hybridized carbons (Fsp3) is 0.355. The summed E-state index contributed by atoms with van der Waals surface area (Å²) in [5.74, 6) is -1.17. The number of nitrogens with one attached hydrogen (secondary N) is 1. The summed E-state index contributed by atoms with van der Waals surface area (Å²) in [6.45, 7) is -0.620. The maximum Gasteiger partial charge on any atom is 0.311 e. The molecule has 216 valence electrons. The molecule has 1 atom stereocenters. The van der Waals surface area contributed by atoms with Gasteiger partial charge in [0, 0.05) is 36.7 Å². The Morgan fingerprint density at radius 1 is 1.05 bits per heavy atom. The first kappa shape index (κ1) is 29.5. The van der Waals surface area contributed by atoms with Crippen molar-refractivity contribution in [3.63, 3.8) is 0 Å². The number of amides is 2. The van der Waals surface area contributed by atoms with Gasteiger partial charge in [-0.3, -0.25) is 19.7 Å². The summed E-state index contributed by atoms with van der Waals surface area (Å²) in [7, 11) is 1.30. The van der Waals surface area contributed by atoms with Crippen LogP contribution in [0.4, 0.5) is 10.1 Å². The lowest BCUT2D eigenvalue weighted by Crippen LogP contribution is -2.53. The van der Waals surface area contributed by atoms with Gasteiger partial charge in [-0.1, -0.05) is 67.8 Å². The van der Waals surface area contributed by atoms with Crippen molar-refractivity contribution >= 4 is 17.5 Å². The molecule has 0 bridgehead atoms. The van der Waals surface area contributed by atoms with Crippen LogP contribution in [0.25, 0.3) is 0 Å². The Balaban J connectivity index is 1.62. The number of hydrogen-bond acceptors (Lipinski definition) is 6. The van der Waals surface area contributed by atoms with Crippen molar-refractivity contribution in [1.82, 2.24) is 10.2 Å². The Kier molecular flexibility index (Phi) is 10.3. The first-order valence-electron chi connectivity index (χ1n) is 13.7. The molecular formula is C31H34FN3O6. The molecule has 0 heterocycles. The van der Waals surface area contributed by atoms with Gasteiger partial charge in [0.15, 0.2) is 6.61 Å². The molecule has 2 amide bonds. The molecule has 4 rings (SSSR count). The zero-order chi connectivity index (χ0) is 29.2. The minimum Gasteiger partial charge on any atom is -0.490 e. The molecule has 1 fully saturated rings. The summed E-state index contributed by atoms with van der Waals surface area (Å²) in [6.07, 6.45) is 5.15. The summed E-state index contributed by atoms with van der Waals surface area (Å²) < 4.78 is 25.6. The van der Waals surface area contributed by atoms with Gasteiger partial charge in [-0.2, -0.15) is 0 Å². The SMILES string of the molecule is COc1cc(OCC(=O)N(Cc2ccccc2F)[C@@H](Cc2ccccc2)C(=O)NC2CCCCC2)ccc1[N+](=O)[O-]. The standard InChI is InChI=1S/C31H34FN3O6/c1-40-29-19-25(16-17-27(29)35(38)39)41-21-30(36)34(20-23-12-8-9-15-26(23)32)28(18-22-10-4-2-5-11-22)31(37)33-24-13-6-3-7-14-24/h2,4-5,8-12,15-17,19,24,28H,3,6-7,13-14,18,20-21H2,1H3,(H,33,37)/t28-/m0/s1. The Morgan fingerprint density at radius 3 is 2.44 bits per heavy atom. The Morgan fingerprint density at radius 2 is 1.76 bits per heavy atom. The van der Waals surface area contributed by atoms with Gasteiger partial charge in [0.25, 0.3) is 5.91 Å². The van der Waals surface area contributed by atoms with Gasteiger partial charge in [0.1, 0.15) is 17.6 Å². The highest BCUT2D eigenvalue weighted by molar-refractivity contribution is 5.88. The molecule has 41 heavy (non-hydrogen) atoms. The van der Waals surface area contributed by atoms with E-state index in [2.05, 4.69) is 5.32 Å². The average molecular weight is 564 g/mol. The molecule has 3 aromatic carbocycles. The molecule has 1 aliphatic rings. The molecule has 0 saturated heterocycles. The number of benzene rings is 3. The second-order valence-electron chi connectivity index (χ2n) is 10.0. The molecule has 9 nitrogen and oxygen atoms in total. The lowest BCUT2D eigenvalue weighted by molar-refractivity contribution is -0.385. The summed E-state index contributed by atoms with van der Waals surface area (Å²) >= 11 is 0. The molecule has 0 radical (unpaired) electrons. The minimum absolute atomic E-state index is 0.0167. The van der Waals surface area contributed by atoms with Crippen LogP contribution in [0.3, 0.4) is 0 Å². The van der Waals surface area contributed by atoms with Crippen LogP contribution < -0.4 is 14.8 Å². The maximum absolute atomic E-state index is 14.8.